The first-order valence-corrected chi connectivity index (χ1v) is 6.20. The molecule has 0 aliphatic heterocycles. The summed E-state index contributed by atoms with van der Waals surface area (Å²) in [4.78, 5) is 26.9. The summed E-state index contributed by atoms with van der Waals surface area (Å²) in [6.45, 7) is 3.42. The zero-order valence-electron chi connectivity index (χ0n) is 10.3. The predicted octanol–water partition coefficient (Wildman–Crippen LogP) is 1.63. The number of carbonyl (C=O) groups is 2. The van der Waals surface area contributed by atoms with Gasteiger partial charge in [0.2, 0.25) is 11.8 Å². The lowest BCUT2D eigenvalue weighted by atomic mass is 10.2. The van der Waals surface area contributed by atoms with Crippen LogP contribution in [0, 0.1) is 13.8 Å². The molecule has 2 heterocycles. The Labute approximate surface area is 112 Å². The molecular formula is C11H11N3O4S. The summed E-state index contributed by atoms with van der Waals surface area (Å²) in [5.41, 5.74) is 0.898. The number of aryl methyl sites for hydroxylation is 2. The Morgan fingerprint density at radius 3 is 2.79 bits per heavy atom. The number of thiazole rings is 1. The molecule has 0 bridgehead atoms. The van der Waals surface area contributed by atoms with E-state index >= 15 is 0 Å². The average Bonchev–Trinajstić information content (AvgIpc) is 2.85. The number of aromatic carboxylic acids is 1. The molecule has 0 aromatic carbocycles. The topological polar surface area (TPSA) is 105 Å². The monoisotopic (exact) mass is 281 g/mol. The maximum atomic E-state index is 11.7. The molecule has 0 radical (unpaired) electrons. The van der Waals surface area contributed by atoms with E-state index in [1.807, 2.05) is 0 Å². The van der Waals surface area contributed by atoms with E-state index < -0.39 is 11.9 Å². The first-order valence-electron chi connectivity index (χ1n) is 5.38. The van der Waals surface area contributed by atoms with Crippen LogP contribution in [0.15, 0.2) is 10.6 Å². The average molecular weight is 281 g/mol. The molecule has 0 fully saturated rings. The highest BCUT2D eigenvalue weighted by atomic mass is 32.1. The molecule has 19 heavy (non-hydrogen) atoms. The number of anilines is 1. The number of aromatic nitrogens is 2. The summed E-state index contributed by atoms with van der Waals surface area (Å²) in [7, 11) is 0. The van der Waals surface area contributed by atoms with Crippen molar-refractivity contribution in [2.24, 2.45) is 0 Å². The Bertz CT molecular complexity index is 632. The number of hydrogen-bond donors (Lipinski definition) is 2. The molecule has 0 unspecified atom stereocenters. The quantitative estimate of drug-likeness (QED) is 0.882. The van der Waals surface area contributed by atoms with Crippen LogP contribution < -0.4 is 5.32 Å². The molecule has 2 aromatic rings. The Morgan fingerprint density at radius 1 is 1.47 bits per heavy atom. The number of amides is 1. The molecule has 100 valence electrons. The normalized spacial score (nSPS) is 10.4. The van der Waals surface area contributed by atoms with Gasteiger partial charge in [-0.05, 0) is 13.8 Å². The first-order chi connectivity index (χ1) is 8.95. The molecule has 1 amide bonds. The lowest BCUT2D eigenvalue weighted by molar-refractivity contribution is -0.115. The van der Waals surface area contributed by atoms with Gasteiger partial charge in [-0.15, -0.1) is 11.3 Å². The minimum absolute atomic E-state index is 0.0846. The Balaban J connectivity index is 2.08. The fraction of sp³-hybridized carbons (Fsp3) is 0.273. The molecule has 2 N–H and O–H groups in total. The van der Waals surface area contributed by atoms with E-state index in [-0.39, 0.29) is 22.9 Å². The van der Waals surface area contributed by atoms with Crippen molar-refractivity contribution in [3.8, 4) is 0 Å². The number of nitrogens with zero attached hydrogens (tertiary/aromatic N) is 2. The van der Waals surface area contributed by atoms with Gasteiger partial charge in [-0.2, -0.15) is 0 Å². The number of nitrogens with one attached hydrogen (secondary N) is 1. The third kappa shape index (κ3) is 3.16. The van der Waals surface area contributed by atoms with Gasteiger partial charge in [0.05, 0.1) is 22.8 Å². The molecule has 0 saturated carbocycles. The van der Waals surface area contributed by atoms with Crippen molar-refractivity contribution >= 4 is 29.1 Å². The summed E-state index contributed by atoms with van der Waals surface area (Å²) in [6, 6.07) is 1.57. The Hall–Kier alpha value is -2.22. The highest BCUT2D eigenvalue weighted by molar-refractivity contribution is 7.13. The van der Waals surface area contributed by atoms with Gasteiger partial charge in [-0.3, -0.25) is 10.1 Å². The predicted molar refractivity (Wildman–Crippen MR) is 67.4 cm³/mol. The van der Waals surface area contributed by atoms with E-state index in [1.54, 1.807) is 19.9 Å². The minimum atomic E-state index is -1.08. The zero-order valence-corrected chi connectivity index (χ0v) is 11.1. The van der Waals surface area contributed by atoms with Crippen molar-refractivity contribution in [2.75, 3.05) is 5.32 Å². The number of hydrogen-bond acceptors (Lipinski definition) is 6. The molecule has 8 heteroatoms. The van der Waals surface area contributed by atoms with Crippen molar-refractivity contribution in [3.05, 3.63) is 27.3 Å². The van der Waals surface area contributed by atoms with Gasteiger partial charge in [-0.25, -0.2) is 9.78 Å². The first kappa shape index (κ1) is 13.2. The number of carbonyl (C=O) groups excluding carboxylic acids is 1. The maximum Gasteiger partial charge on any atom is 0.347 e. The van der Waals surface area contributed by atoms with Crippen molar-refractivity contribution in [2.45, 2.75) is 20.3 Å². The minimum Gasteiger partial charge on any atom is -0.477 e. The SMILES string of the molecule is Cc1cc(NC(=O)Cc2nc(C)sc2C(=O)O)on1. The summed E-state index contributed by atoms with van der Waals surface area (Å²) >= 11 is 1.05. The van der Waals surface area contributed by atoms with E-state index in [9.17, 15) is 9.59 Å². The third-order valence-electron chi connectivity index (χ3n) is 2.22. The van der Waals surface area contributed by atoms with Crippen LogP contribution in [0.2, 0.25) is 0 Å². The molecule has 2 aromatic heterocycles. The van der Waals surface area contributed by atoms with E-state index in [2.05, 4.69) is 15.5 Å². The van der Waals surface area contributed by atoms with Crippen LogP contribution in [0.3, 0.4) is 0 Å². The Morgan fingerprint density at radius 2 is 2.21 bits per heavy atom. The lowest BCUT2D eigenvalue weighted by Crippen LogP contribution is -2.15. The third-order valence-corrected chi connectivity index (χ3v) is 3.22. The number of rotatable bonds is 4. The van der Waals surface area contributed by atoms with Gasteiger partial charge in [0.15, 0.2) is 0 Å². The second kappa shape index (κ2) is 5.19. The smallest absolute Gasteiger partial charge is 0.347 e. The van der Waals surface area contributed by atoms with Crippen LogP contribution in [0.1, 0.15) is 26.1 Å². The van der Waals surface area contributed by atoms with Gasteiger partial charge >= 0.3 is 5.97 Å². The lowest BCUT2D eigenvalue weighted by Gasteiger charge is -1.99. The van der Waals surface area contributed by atoms with E-state index in [0.29, 0.717) is 10.7 Å². The molecule has 0 atom stereocenters. The second-order valence-electron chi connectivity index (χ2n) is 3.87. The van der Waals surface area contributed by atoms with E-state index in [4.69, 9.17) is 9.63 Å². The van der Waals surface area contributed by atoms with Gasteiger partial charge in [0.25, 0.3) is 0 Å². The summed E-state index contributed by atoms with van der Waals surface area (Å²) in [5.74, 6) is -1.25. The summed E-state index contributed by atoms with van der Waals surface area (Å²) in [5, 5.41) is 15.7. The Kier molecular flexibility index (Phi) is 3.61. The van der Waals surface area contributed by atoms with E-state index in [1.165, 1.54) is 0 Å². The number of carboxylic acids is 1. The van der Waals surface area contributed by atoms with Crippen LogP contribution in [0.5, 0.6) is 0 Å². The second-order valence-corrected chi connectivity index (χ2v) is 5.07. The molecule has 0 aliphatic rings. The molecule has 0 aliphatic carbocycles. The maximum absolute atomic E-state index is 11.7. The molecule has 2 rings (SSSR count). The van der Waals surface area contributed by atoms with Crippen molar-refractivity contribution in [1.82, 2.24) is 10.1 Å². The van der Waals surface area contributed by atoms with Crippen LogP contribution in [-0.4, -0.2) is 27.1 Å². The number of carboxylic acid groups (broad SMARTS) is 1. The van der Waals surface area contributed by atoms with Crippen molar-refractivity contribution in [1.29, 1.82) is 0 Å². The highest BCUT2D eigenvalue weighted by Crippen LogP contribution is 2.19. The van der Waals surface area contributed by atoms with Gasteiger partial charge in [0, 0.05) is 6.07 Å². The fourth-order valence-corrected chi connectivity index (χ4v) is 2.29. The summed E-state index contributed by atoms with van der Waals surface area (Å²) < 4.78 is 4.84. The van der Waals surface area contributed by atoms with Crippen LogP contribution in [0.4, 0.5) is 5.88 Å². The zero-order chi connectivity index (χ0) is 14.0. The van der Waals surface area contributed by atoms with Crippen molar-refractivity contribution in [3.63, 3.8) is 0 Å². The van der Waals surface area contributed by atoms with Crippen molar-refractivity contribution < 1.29 is 19.2 Å². The fourth-order valence-electron chi connectivity index (χ4n) is 1.51. The molecule has 0 spiro atoms. The highest BCUT2D eigenvalue weighted by Gasteiger charge is 2.18. The van der Waals surface area contributed by atoms with Gasteiger partial charge in [0.1, 0.15) is 4.88 Å². The largest absolute Gasteiger partial charge is 0.477 e. The summed E-state index contributed by atoms with van der Waals surface area (Å²) in [6.07, 6.45) is -0.119. The molecular weight excluding hydrogens is 270 g/mol. The standard InChI is InChI=1S/C11H11N3O4S/c1-5-3-9(18-14-5)13-8(15)4-7-10(11(16)17)19-6(2)12-7/h3H,4H2,1-2H3,(H,13,15)(H,16,17). The molecule has 7 nitrogen and oxygen atoms in total. The van der Waals surface area contributed by atoms with Gasteiger partial charge in [-0.1, -0.05) is 5.16 Å². The van der Waals surface area contributed by atoms with Gasteiger partial charge < -0.3 is 9.63 Å². The van der Waals surface area contributed by atoms with Crippen LogP contribution >= 0.6 is 11.3 Å². The van der Waals surface area contributed by atoms with E-state index in [0.717, 1.165) is 11.3 Å². The van der Waals surface area contributed by atoms with Crippen LogP contribution in [-0.2, 0) is 11.2 Å². The van der Waals surface area contributed by atoms with Crippen LogP contribution in [0.25, 0.3) is 0 Å². The molecule has 0 saturated heterocycles.